The van der Waals surface area contributed by atoms with Crippen LogP contribution in [0.4, 0.5) is 0 Å². The minimum atomic E-state index is -0.113. The van der Waals surface area contributed by atoms with Gasteiger partial charge in [0.15, 0.2) is 0 Å². The Bertz CT molecular complexity index is 1830. The largest absolute Gasteiger partial charge is 0.286 e. The van der Waals surface area contributed by atoms with Gasteiger partial charge in [0.1, 0.15) is 5.40 Å². The smallest absolute Gasteiger partial charge is 0.138 e. The van der Waals surface area contributed by atoms with Crippen molar-refractivity contribution >= 4 is 34.6 Å². The molecule has 4 aromatic rings. The van der Waals surface area contributed by atoms with Crippen molar-refractivity contribution in [3.05, 3.63) is 124 Å². The van der Waals surface area contributed by atoms with Crippen LogP contribution >= 0.6 is 11.8 Å². The Morgan fingerprint density at radius 3 is 1.43 bits per heavy atom. The fraction of sp³-hybridized carbons (Fsp3) is 0.289. The molecule has 0 saturated heterocycles. The molecule has 8 heteroatoms. The highest BCUT2D eigenvalue weighted by atomic mass is 32.2. The number of aromatic nitrogens is 2. The SMILES string of the molecule is CC1=NC[C@H](Cc2ccc(C)cc2)N=C(C)c2cccc(n2)C(C)=NCC(Cc2ccc(SC#N)cc2)N=C(C)c2cccc1n2. The van der Waals surface area contributed by atoms with E-state index in [0.29, 0.717) is 19.5 Å². The maximum absolute atomic E-state index is 9.02. The Labute approximate surface area is 276 Å². The molecular weight excluding hydrogens is 587 g/mol. The highest BCUT2D eigenvalue weighted by Gasteiger charge is 2.15. The molecule has 2 aromatic carbocycles. The summed E-state index contributed by atoms with van der Waals surface area (Å²) >= 11 is 1.16. The lowest BCUT2D eigenvalue weighted by atomic mass is 10.0. The Morgan fingerprint density at radius 1 is 0.587 bits per heavy atom. The van der Waals surface area contributed by atoms with Gasteiger partial charge in [0.25, 0.3) is 0 Å². The van der Waals surface area contributed by atoms with Gasteiger partial charge in [-0.2, -0.15) is 5.26 Å². The van der Waals surface area contributed by atoms with Crippen LogP contribution in [0.5, 0.6) is 0 Å². The lowest BCUT2D eigenvalue weighted by Crippen LogP contribution is -2.19. The Morgan fingerprint density at radius 2 is 1.00 bits per heavy atom. The van der Waals surface area contributed by atoms with Crippen LogP contribution < -0.4 is 0 Å². The second kappa shape index (κ2) is 15.5. The average Bonchev–Trinajstić information content (AvgIpc) is 3.07. The molecule has 0 spiro atoms. The number of hydrogen-bond donors (Lipinski definition) is 0. The van der Waals surface area contributed by atoms with E-state index in [0.717, 1.165) is 74.3 Å². The number of nitrogens with zero attached hydrogens (tertiary/aromatic N) is 7. The van der Waals surface area contributed by atoms with Gasteiger partial charge in [-0.15, -0.1) is 0 Å². The van der Waals surface area contributed by atoms with Crippen molar-refractivity contribution in [1.29, 1.82) is 5.26 Å². The van der Waals surface area contributed by atoms with E-state index < -0.39 is 0 Å². The number of hydrogen-bond acceptors (Lipinski definition) is 8. The zero-order valence-electron chi connectivity index (χ0n) is 27.1. The fourth-order valence-corrected chi connectivity index (χ4v) is 5.70. The number of aliphatic imine (C=N–C) groups is 4. The maximum atomic E-state index is 9.02. The molecule has 3 heterocycles. The molecule has 0 N–H and O–H groups in total. The highest BCUT2D eigenvalue weighted by Crippen LogP contribution is 2.19. The lowest BCUT2D eigenvalue weighted by molar-refractivity contribution is 0.680. The van der Waals surface area contributed by atoms with Crippen LogP contribution in [0.15, 0.2) is 110 Å². The number of thioether (sulfide) groups is 1. The molecule has 1 unspecified atom stereocenters. The zero-order valence-corrected chi connectivity index (χ0v) is 27.9. The topological polar surface area (TPSA) is 99.0 Å². The first-order valence-corrected chi connectivity index (χ1v) is 16.4. The quantitative estimate of drug-likeness (QED) is 0.169. The first-order valence-electron chi connectivity index (χ1n) is 15.5. The average molecular weight is 626 g/mol. The van der Waals surface area contributed by atoms with Gasteiger partial charge in [0.2, 0.25) is 0 Å². The molecule has 2 aromatic heterocycles. The van der Waals surface area contributed by atoms with Crippen molar-refractivity contribution in [1.82, 2.24) is 9.97 Å². The Hall–Kier alpha value is -4.74. The number of aryl methyl sites for hydroxylation is 1. The van der Waals surface area contributed by atoms with Gasteiger partial charge in [-0.1, -0.05) is 54.1 Å². The van der Waals surface area contributed by atoms with Gasteiger partial charge < -0.3 is 0 Å². The molecule has 7 nitrogen and oxygen atoms in total. The summed E-state index contributed by atoms with van der Waals surface area (Å²) in [5.41, 5.74) is 10.3. The maximum Gasteiger partial charge on any atom is 0.138 e. The molecule has 232 valence electrons. The van der Waals surface area contributed by atoms with Crippen LogP contribution in [0.3, 0.4) is 0 Å². The van der Waals surface area contributed by atoms with Crippen molar-refractivity contribution in [2.45, 2.75) is 64.4 Å². The Balaban J connectivity index is 1.53. The van der Waals surface area contributed by atoms with Gasteiger partial charge >= 0.3 is 0 Å². The molecule has 0 aliphatic carbocycles. The normalized spacial score (nSPS) is 17.4. The predicted molar refractivity (Wildman–Crippen MR) is 191 cm³/mol. The molecule has 4 bridgehead atoms. The standard InChI is InChI=1S/C38H39N7S/c1-25-12-14-30(15-13-25)20-32-22-40-26(2)35-8-7-11-38(45-35)29(5)43-33(21-31-16-18-34(19-17-31)46-24-39)23-41-27(3)36-9-6-10-37(44-36)28(4)42-32/h6-19,32-33H,20-23H2,1-5H3/t32-,33?/m0/s1. The Kier molecular flexibility index (Phi) is 11.0. The van der Waals surface area contributed by atoms with E-state index in [1.54, 1.807) is 0 Å². The molecule has 0 amide bonds. The van der Waals surface area contributed by atoms with Crippen molar-refractivity contribution in [2.24, 2.45) is 20.0 Å². The summed E-state index contributed by atoms with van der Waals surface area (Å²) in [6.07, 6.45) is 1.47. The second-order valence-electron chi connectivity index (χ2n) is 11.6. The van der Waals surface area contributed by atoms with Crippen LogP contribution in [0.25, 0.3) is 0 Å². The van der Waals surface area contributed by atoms with E-state index in [4.69, 9.17) is 35.2 Å². The molecule has 0 radical (unpaired) electrons. The van der Waals surface area contributed by atoms with Crippen molar-refractivity contribution in [2.75, 3.05) is 13.1 Å². The number of nitriles is 1. The number of fused-ring (bicyclic) bond motifs is 4. The van der Waals surface area contributed by atoms with Crippen molar-refractivity contribution < 1.29 is 0 Å². The third-order valence-electron chi connectivity index (χ3n) is 7.96. The van der Waals surface area contributed by atoms with Crippen LogP contribution in [0, 0.1) is 17.6 Å². The number of rotatable bonds is 5. The summed E-state index contributed by atoms with van der Waals surface area (Å²) in [4.78, 5) is 31.1. The molecule has 1 aliphatic heterocycles. The van der Waals surface area contributed by atoms with Gasteiger partial charge in [-0.3, -0.25) is 20.0 Å². The molecule has 0 fully saturated rings. The summed E-state index contributed by atoms with van der Waals surface area (Å²) in [5.74, 6) is 0. The van der Waals surface area contributed by atoms with Crippen molar-refractivity contribution in [3.8, 4) is 5.40 Å². The third kappa shape index (κ3) is 8.92. The molecule has 5 rings (SSSR count). The van der Waals surface area contributed by atoms with E-state index in [1.165, 1.54) is 11.1 Å². The van der Waals surface area contributed by atoms with Gasteiger partial charge in [-0.25, -0.2) is 9.97 Å². The summed E-state index contributed by atoms with van der Waals surface area (Å²) in [6.45, 7) is 11.2. The molecule has 1 aliphatic rings. The van der Waals surface area contributed by atoms with E-state index in [-0.39, 0.29) is 12.1 Å². The third-order valence-corrected chi connectivity index (χ3v) is 8.56. The van der Waals surface area contributed by atoms with Crippen molar-refractivity contribution in [3.63, 3.8) is 0 Å². The van der Waals surface area contributed by atoms with Crippen LogP contribution in [0.1, 0.15) is 67.2 Å². The number of benzene rings is 2. The monoisotopic (exact) mass is 625 g/mol. The fourth-order valence-electron chi connectivity index (χ4n) is 5.32. The van der Waals surface area contributed by atoms with Crippen LogP contribution in [0.2, 0.25) is 0 Å². The first kappa shape index (κ1) is 32.6. The van der Waals surface area contributed by atoms with E-state index in [9.17, 15) is 0 Å². The number of thiocyanates is 1. The lowest BCUT2D eigenvalue weighted by Gasteiger charge is -2.15. The molecule has 46 heavy (non-hydrogen) atoms. The zero-order chi connectivity index (χ0) is 32.5. The molecule has 0 saturated carbocycles. The van der Waals surface area contributed by atoms with Gasteiger partial charge in [-0.05, 0) is 107 Å². The highest BCUT2D eigenvalue weighted by molar-refractivity contribution is 8.03. The first-order chi connectivity index (χ1) is 22.3. The molecule has 2 atom stereocenters. The minimum absolute atomic E-state index is 0.0587. The minimum Gasteiger partial charge on any atom is -0.286 e. The predicted octanol–water partition coefficient (Wildman–Crippen LogP) is 7.53. The van der Waals surface area contributed by atoms with E-state index >= 15 is 0 Å². The summed E-state index contributed by atoms with van der Waals surface area (Å²) < 4.78 is 0. The van der Waals surface area contributed by atoms with Crippen LogP contribution in [-0.4, -0.2) is 58.0 Å². The van der Waals surface area contributed by atoms with Gasteiger partial charge in [0, 0.05) is 4.90 Å². The summed E-state index contributed by atoms with van der Waals surface area (Å²) in [5, 5.41) is 11.2. The summed E-state index contributed by atoms with van der Waals surface area (Å²) in [6, 6.07) is 28.6. The van der Waals surface area contributed by atoms with E-state index in [2.05, 4.69) is 48.7 Å². The van der Waals surface area contributed by atoms with E-state index in [1.807, 2.05) is 76.2 Å². The molecular formula is C38H39N7S. The van der Waals surface area contributed by atoms with Crippen LogP contribution in [-0.2, 0) is 12.8 Å². The second-order valence-corrected chi connectivity index (χ2v) is 12.5. The van der Waals surface area contributed by atoms with Gasteiger partial charge in [0.05, 0.1) is 70.8 Å². The summed E-state index contributed by atoms with van der Waals surface area (Å²) in [7, 11) is 0. The number of pyridine rings is 2.